The zero-order valence-corrected chi connectivity index (χ0v) is 20.7. The van der Waals surface area contributed by atoms with Crippen LogP contribution in [0, 0.1) is 11.8 Å². The van der Waals surface area contributed by atoms with E-state index in [9.17, 15) is 24.0 Å². The molecule has 1 saturated heterocycles. The number of nitrogens with zero attached hydrogens (tertiary/aromatic N) is 1. The van der Waals surface area contributed by atoms with Crippen LogP contribution in [0.5, 0.6) is 0 Å². The second kappa shape index (κ2) is 11.8. The molecule has 9 nitrogen and oxygen atoms in total. The first-order valence-corrected chi connectivity index (χ1v) is 12.6. The topological polar surface area (TPSA) is 119 Å². The minimum atomic E-state index is -0.751. The number of hydrogen-bond acceptors (Lipinski definition) is 7. The zero-order chi connectivity index (χ0) is 26.4. The predicted molar refractivity (Wildman–Crippen MR) is 135 cm³/mol. The van der Waals surface area contributed by atoms with Crippen LogP contribution >= 0.6 is 0 Å². The molecule has 1 aliphatic carbocycles. The van der Waals surface area contributed by atoms with Gasteiger partial charge in [-0.1, -0.05) is 32.3 Å². The van der Waals surface area contributed by atoms with Gasteiger partial charge in [0.1, 0.15) is 0 Å². The van der Waals surface area contributed by atoms with Gasteiger partial charge in [-0.25, -0.2) is 9.59 Å². The Bertz CT molecular complexity index is 1170. The van der Waals surface area contributed by atoms with Crippen LogP contribution in [-0.2, 0) is 23.9 Å². The molecule has 2 aliphatic rings. The number of carbonyl (C=O) groups excluding carboxylic acids is 5. The molecule has 1 N–H and O–H groups in total. The minimum absolute atomic E-state index is 0.131. The van der Waals surface area contributed by atoms with Gasteiger partial charge in [0.25, 0.3) is 5.91 Å². The maximum atomic E-state index is 12.8. The van der Waals surface area contributed by atoms with Gasteiger partial charge in [0.05, 0.1) is 35.3 Å². The first-order chi connectivity index (χ1) is 17.9. The number of amides is 3. The number of carbonyl (C=O) groups is 5. The van der Waals surface area contributed by atoms with E-state index >= 15 is 0 Å². The Hall–Kier alpha value is -4.01. The quantitative estimate of drug-likeness (QED) is 0.309. The van der Waals surface area contributed by atoms with Crippen molar-refractivity contribution in [3.63, 3.8) is 0 Å². The van der Waals surface area contributed by atoms with Gasteiger partial charge in [0.2, 0.25) is 11.8 Å². The molecule has 2 aromatic carbocycles. The smallest absolute Gasteiger partial charge is 0.338 e. The van der Waals surface area contributed by atoms with Crippen LogP contribution in [0.2, 0.25) is 0 Å². The van der Waals surface area contributed by atoms with E-state index in [1.807, 2.05) is 6.92 Å². The fourth-order valence-corrected chi connectivity index (χ4v) is 4.68. The summed E-state index contributed by atoms with van der Waals surface area (Å²) in [4.78, 5) is 63.7. The summed E-state index contributed by atoms with van der Waals surface area (Å²) in [5, 5.41) is 2.60. The average Bonchev–Trinajstić information content (AvgIpc) is 3.17. The van der Waals surface area contributed by atoms with Gasteiger partial charge in [-0.2, -0.15) is 0 Å². The van der Waals surface area contributed by atoms with Crippen LogP contribution in [-0.4, -0.2) is 42.9 Å². The molecule has 2 atom stereocenters. The zero-order valence-electron chi connectivity index (χ0n) is 20.7. The summed E-state index contributed by atoms with van der Waals surface area (Å²) >= 11 is 0. The van der Waals surface area contributed by atoms with E-state index < -0.39 is 24.5 Å². The number of imide groups is 1. The molecule has 0 aromatic heterocycles. The minimum Gasteiger partial charge on any atom is -0.462 e. The molecule has 1 heterocycles. The van der Waals surface area contributed by atoms with E-state index in [0.29, 0.717) is 36.4 Å². The van der Waals surface area contributed by atoms with Gasteiger partial charge in [-0.05, 0) is 61.7 Å². The van der Waals surface area contributed by atoms with Crippen LogP contribution in [0.4, 0.5) is 11.4 Å². The number of fused-ring (bicyclic) bond motifs is 1. The normalized spacial score (nSPS) is 18.8. The van der Waals surface area contributed by atoms with Crippen molar-refractivity contribution in [1.29, 1.82) is 0 Å². The highest BCUT2D eigenvalue weighted by atomic mass is 16.5. The number of anilines is 2. The Kier molecular flexibility index (Phi) is 8.32. The van der Waals surface area contributed by atoms with Crippen molar-refractivity contribution >= 4 is 41.0 Å². The molecule has 3 amide bonds. The number of hydrogen-bond donors (Lipinski definition) is 1. The van der Waals surface area contributed by atoms with Crippen molar-refractivity contribution in [3.05, 3.63) is 59.7 Å². The van der Waals surface area contributed by atoms with Gasteiger partial charge in [-0.3, -0.25) is 19.3 Å². The van der Waals surface area contributed by atoms with Crippen LogP contribution in [0.25, 0.3) is 0 Å². The molecule has 2 aromatic rings. The third kappa shape index (κ3) is 6.04. The Morgan fingerprint density at radius 2 is 1.54 bits per heavy atom. The third-order valence-corrected chi connectivity index (χ3v) is 6.65. The largest absolute Gasteiger partial charge is 0.462 e. The monoisotopic (exact) mass is 506 g/mol. The van der Waals surface area contributed by atoms with E-state index in [4.69, 9.17) is 9.47 Å². The summed E-state index contributed by atoms with van der Waals surface area (Å²) in [6, 6.07) is 12.3. The lowest BCUT2D eigenvalue weighted by molar-refractivity contribution is -0.122. The molecule has 194 valence electrons. The van der Waals surface area contributed by atoms with Crippen molar-refractivity contribution in [2.45, 2.75) is 45.4 Å². The summed E-state index contributed by atoms with van der Waals surface area (Å²) in [5.41, 5.74) is 1.26. The number of benzene rings is 2. The van der Waals surface area contributed by atoms with Crippen LogP contribution in [0.15, 0.2) is 48.5 Å². The molecule has 2 fully saturated rings. The molecule has 1 saturated carbocycles. The SMILES string of the molecule is CCCCOC(=O)c1ccc(NC(=O)COC(=O)c2cccc(N3C(=O)[C@H]4CCCC[C@@H]4C3=O)c2)cc1. The highest BCUT2D eigenvalue weighted by Crippen LogP contribution is 2.40. The molecule has 0 spiro atoms. The van der Waals surface area contributed by atoms with Gasteiger partial charge in [0, 0.05) is 5.69 Å². The Balaban J connectivity index is 1.31. The maximum absolute atomic E-state index is 12.8. The predicted octanol–water partition coefficient (Wildman–Crippen LogP) is 4.12. The second-order valence-electron chi connectivity index (χ2n) is 9.25. The number of ether oxygens (including phenoxy) is 2. The Morgan fingerprint density at radius 1 is 0.892 bits per heavy atom. The molecule has 0 radical (unpaired) electrons. The van der Waals surface area contributed by atoms with Gasteiger partial charge in [-0.15, -0.1) is 0 Å². The highest BCUT2D eigenvalue weighted by Gasteiger charge is 2.48. The lowest BCUT2D eigenvalue weighted by atomic mass is 9.81. The fourth-order valence-electron chi connectivity index (χ4n) is 4.68. The first-order valence-electron chi connectivity index (χ1n) is 12.6. The molecule has 0 bridgehead atoms. The molecular weight excluding hydrogens is 476 g/mol. The average molecular weight is 507 g/mol. The summed E-state index contributed by atoms with van der Waals surface area (Å²) in [6.45, 7) is 1.83. The van der Waals surface area contributed by atoms with Crippen LogP contribution in [0.3, 0.4) is 0 Å². The number of nitrogens with one attached hydrogen (secondary N) is 1. The van der Waals surface area contributed by atoms with Crippen LogP contribution < -0.4 is 10.2 Å². The van der Waals surface area contributed by atoms with Crippen LogP contribution in [0.1, 0.15) is 66.2 Å². The van der Waals surface area contributed by atoms with Gasteiger partial charge < -0.3 is 14.8 Å². The summed E-state index contributed by atoms with van der Waals surface area (Å²) in [5.74, 6) is -2.77. The molecule has 37 heavy (non-hydrogen) atoms. The first kappa shape index (κ1) is 26.1. The van der Waals surface area contributed by atoms with E-state index in [0.717, 1.165) is 25.7 Å². The van der Waals surface area contributed by atoms with Crippen molar-refractivity contribution in [3.8, 4) is 0 Å². The molecule has 9 heteroatoms. The molecule has 0 unspecified atom stereocenters. The van der Waals surface area contributed by atoms with Crippen molar-refractivity contribution in [1.82, 2.24) is 0 Å². The molecular formula is C28H30N2O7. The summed E-state index contributed by atoms with van der Waals surface area (Å²) < 4.78 is 10.3. The van der Waals surface area contributed by atoms with E-state index in [2.05, 4.69) is 5.32 Å². The van der Waals surface area contributed by atoms with E-state index in [1.165, 1.54) is 17.0 Å². The standard InChI is InChI=1S/C28H30N2O7/c1-2-3-15-36-27(34)18-11-13-20(14-12-18)29-24(31)17-37-28(35)19-7-6-8-21(16-19)30-25(32)22-9-4-5-10-23(22)26(30)33/h6-8,11-14,16,22-23H,2-5,9-10,15,17H2,1H3,(H,29,31)/t22-,23-/m0/s1. The van der Waals surface area contributed by atoms with Gasteiger partial charge in [0.15, 0.2) is 6.61 Å². The summed E-state index contributed by atoms with van der Waals surface area (Å²) in [6.07, 6.45) is 4.98. The van der Waals surface area contributed by atoms with Crippen molar-refractivity contribution in [2.24, 2.45) is 11.8 Å². The summed E-state index contributed by atoms with van der Waals surface area (Å²) in [7, 11) is 0. The molecule has 4 rings (SSSR count). The van der Waals surface area contributed by atoms with E-state index in [-0.39, 0.29) is 29.2 Å². The van der Waals surface area contributed by atoms with Crippen molar-refractivity contribution < 1.29 is 33.4 Å². The lowest BCUT2D eigenvalue weighted by Crippen LogP contribution is -2.31. The number of esters is 2. The highest BCUT2D eigenvalue weighted by molar-refractivity contribution is 6.22. The fraction of sp³-hybridized carbons (Fsp3) is 0.393. The third-order valence-electron chi connectivity index (χ3n) is 6.65. The second-order valence-corrected chi connectivity index (χ2v) is 9.25. The number of unbranched alkanes of at least 4 members (excludes halogenated alkanes) is 1. The van der Waals surface area contributed by atoms with Gasteiger partial charge >= 0.3 is 11.9 Å². The molecule has 1 aliphatic heterocycles. The number of rotatable bonds is 9. The Labute approximate surface area is 215 Å². The lowest BCUT2D eigenvalue weighted by Gasteiger charge is -2.19. The Morgan fingerprint density at radius 3 is 2.19 bits per heavy atom. The van der Waals surface area contributed by atoms with Crippen molar-refractivity contribution in [2.75, 3.05) is 23.4 Å². The van der Waals surface area contributed by atoms with E-state index in [1.54, 1.807) is 36.4 Å². The maximum Gasteiger partial charge on any atom is 0.338 e.